The van der Waals surface area contributed by atoms with E-state index in [0.29, 0.717) is 5.69 Å². The van der Waals surface area contributed by atoms with Gasteiger partial charge in [0.05, 0.1) is 5.69 Å². The minimum atomic E-state index is -0.348. The summed E-state index contributed by atoms with van der Waals surface area (Å²) in [5.74, 6) is 4.74. The van der Waals surface area contributed by atoms with Crippen LogP contribution >= 0.6 is 15.9 Å². The van der Waals surface area contributed by atoms with Crippen LogP contribution < -0.4 is 11.3 Å². The van der Waals surface area contributed by atoms with E-state index < -0.39 is 0 Å². The van der Waals surface area contributed by atoms with Crippen molar-refractivity contribution >= 4 is 27.7 Å². The van der Waals surface area contributed by atoms with Crippen LogP contribution in [0.25, 0.3) is 6.08 Å². The third-order valence-corrected chi connectivity index (χ3v) is 1.92. The van der Waals surface area contributed by atoms with Gasteiger partial charge in [0.25, 0.3) is 0 Å². The smallest absolute Gasteiger partial charge is 0.148 e. The van der Waals surface area contributed by atoms with Gasteiger partial charge in [-0.1, -0.05) is 34.1 Å². The van der Waals surface area contributed by atoms with Crippen LogP contribution in [0.4, 0.5) is 10.1 Å². The fourth-order valence-electron chi connectivity index (χ4n) is 0.933. The Balaban J connectivity index is 2.89. The summed E-state index contributed by atoms with van der Waals surface area (Å²) in [4.78, 5) is 0. The second-order valence-corrected chi connectivity index (χ2v) is 3.09. The van der Waals surface area contributed by atoms with Gasteiger partial charge in [0.1, 0.15) is 5.82 Å². The number of halogens is 2. The summed E-state index contributed by atoms with van der Waals surface area (Å²) in [6.07, 6.45) is 3.72. The molecule has 0 aliphatic carbocycles. The zero-order chi connectivity index (χ0) is 9.68. The number of nitrogen functional groups attached to an aromatic ring is 1. The van der Waals surface area contributed by atoms with Crippen molar-refractivity contribution in [2.24, 2.45) is 5.84 Å². The second kappa shape index (κ2) is 4.99. The molecule has 0 radical (unpaired) electrons. The molecule has 0 aliphatic rings. The van der Waals surface area contributed by atoms with E-state index in [1.165, 1.54) is 6.07 Å². The highest BCUT2D eigenvalue weighted by Gasteiger charge is 1.98. The number of benzene rings is 1. The van der Waals surface area contributed by atoms with Crippen molar-refractivity contribution in [1.82, 2.24) is 0 Å². The van der Waals surface area contributed by atoms with E-state index >= 15 is 0 Å². The highest BCUT2D eigenvalue weighted by molar-refractivity contribution is 9.09. The quantitative estimate of drug-likeness (QED) is 0.487. The lowest BCUT2D eigenvalue weighted by molar-refractivity contribution is 0.630. The number of hydrogen-bond donors (Lipinski definition) is 2. The molecule has 0 saturated carbocycles. The molecule has 0 fully saturated rings. The number of nitrogens with two attached hydrogens (primary N) is 1. The van der Waals surface area contributed by atoms with Gasteiger partial charge in [0, 0.05) is 5.33 Å². The Hall–Kier alpha value is -0.870. The highest BCUT2D eigenvalue weighted by atomic mass is 79.9. The van der Waals surface area contributed by atoms with Gasteiger partial charge in [-0.2, -0.15) is 0 Å². The molecule has 0 spiro atoms. The zero-order valence-electron chi connectivity index (χ0n) is 6.93. The lowest BCUT2D eigenvalue weighted by Crippen LogP contribution is -2.08. The topological polar surface area (TPSA) is 38.0 Å². The van der Waals surface area contributed by atoms with E-state index in [1.54, 1.807) is 12.1 Å². The second-order valence-electron chi connectivity index (χ2n) is 2.44. The number of hydrogen-bond acceptors (Lipinski definition) is 2. The minimum absolute atomic E-state index is 0.302. The molecule has 70 valence electrons. The molecule has 0 aromatic heterocycles. The molecule has 4 heteroatoms. The molecule has 1 aromatic rings. The molecule has 0 atom stereocenters. The first-order valence-electron chi connectivity index (χ1n) is 3.76. The fourth-order valence-corrected chi connectivity index (χ4v) is 1.12. The SMILES string of the molecule is NNc1ccc(C=CCBr)cc1F. The maximum absolute atomic E-state index is 13.1. The summed E-state index contributed by atoms with van der Waals surface area (Å²) in [6.45, 7) is 0. The van der Waals surface area contributed by atoms with Gasteiger partial charge in [-0.05, 0) is 17.7 Å². The van der Waals surface area contributed by atoms with Gasteiger partial charge in [0.15, 0.2) is 0 Å². The van der Waals surface area contributed by atoms with Gasteiger partial charge in [-0.25, -0.2) is 4.39 Å². The average Bonchev–Trinajstić information content (AvgIpc) is 2.15. The van der Waals surface area contributed by atoms with Crippen molar-refractivity contribution in [2.75, 3.05) is 10.8 Å². The number of hydrazine groups is 1. The number of nitrogens with one attached hydrogen (secondary N) is 1. The van der Waals surface area contributed by atoms with Gasteiger partial charge in [-0.3, -0.25) is 5.84 Å². The van der Waals surface area contributed by atoms with E-state index in [0.717, 1.165) is 10.9 Å². The van der Waals surface area contributed by atoms with Crippen LogP contribution in [0, 0.1) is 5.82 Å². The van der Waals surface area contributed by atoms with Gasteiger partial charge < -0.3 is 5.43 Å². The van der Waals surface area contributed by atoms with Crippen molar-refractivity contribution in [3.05, 3.63) is 35.7 Å². The highest BCUT2D eigenvalue weighted by Crippen LogP contribution is 2.15. The molecule has 0 amide bonds. The van der Waals surface area contributed by atoms with Gasteiger partial charge >= 0.3 is 0 Å². The molecule has 0 aliphatic heterocycles. The molecule has 0 saturated heterocycles. The fraction of sp³-hybridized carbons (Fsp3) is 0.111. The summed E-state index contributed by atoms with van der Waals surface area (Å²) in [6, 6.07) is 4.81. The van der Waals surface area contributed by atoms with Crippen molar-refractivity contribution in [3.63, 3.8) is 0 Å². The maximum atomic E-state index is 13.1. The Kier molecular flexibility index (Phi) is 3.92. The van der Waals surface area contributed by atoms with Crippen LogP contribution in [-0.4, -0.2) is 5.33 Å². The molecular formula is C9H10BrFN2. The molecule has 0 bridgehead atoms. The van der Waals surface area contributed by atoms with E-state index in [-0.39, 0.29) is 5.82 Å². The predicted octanol–water partition coefficient (Wildman–Crippen LogP) is 2.52. The third-order valence-electron chi connectivity index (χ3n) is 1.55. The largest absolute Gasteiger partial charge is 0.321 e. The van der Waals surface area contributed by atoms with Crippen LogP contribution in [0.5, 0.6) is 0 Å². The summed E-state index contributed by atoms with van der Waals surface area (Å²) in [5, 5.41) is 0.755. The Labute approximate surface area is 84.7 Å². The van der Waals surface area contributed by atoms with Crippen LogP contribution in [-0.2, 0) is 0 Å². The standard InChI is InChI=1S/C9H10BrFN2/c10-5-1-2-7-3-4-9(13-12)8(11)6-7/h1-4,6,13H,5,12H2. The average molecular weight is 245 g/mol. The van der Waals surface area contributed by atoms with Crippen LogP contribution in [0.1, 0.15) is 5.56 Å². The van der Waals surface area contributed by atoms with Crippen molar-refractivity contribution < 1.29 is 4.39 Å². The van der Waals surface area contributed by atoms with E-state index in [9.17, 15) is 4.39 Å². The van der Waals surface area contributed by atoms with Crippen molar-refractivity contribution in [3.8, 4) is 0 Å². The Bertz CT molecular complexity index is 312. The third kappa shape index (κ3) is 2.82. The first-order valence-corrected chi connectivity index (χ1v) is 4.88. The minimum Gasteiger partial charge on any atom is -0.321 e. The summed E-state index contributed by atoms with van der Waals surface area (Å²) >= 11 is 3.24. The summed E-state index contributed by atoms with van der Waals surface area (Å²) < 4.78 is 13.1. The molecule has 0 unspecified atom stereocenters. The Morgan fingerprint density at radius 3 is 2.85 bits per heavy atom. The number of anilines is 1. The molecule has 1 rings (SSSR count). The molecule has 0 heterocycles. The number of rotatable bonds is 3. The summed E-state index contributed by atoms with van der Waals surface area (Å²) in [7, 11) is 0. The summed E-state index contributed by atoms with van der Waals surface area (Å²) in [5.41, 5.74) is 3.39. The normalized spacial score (nSPS) is 10.7. The molecular weight excluding hydrogens is 235 g/mol. The Morgan fingerprint density at radius 2 is 2.31 bits per heavy atom. The maximum Gasteiger partial charge on any atom is 0.148 e. The zero-order valence-corrected chi connectivity index (χ0v) is 8.51. The van der Waals surface area contributed by atoms with E-state index in [1.807, 2.05) is 12.2 Å². The molecule has 3 N–H and O–H groups in total. The van der Waals surface area contributed by atoms with Crippen LogP contribution in [0.3, 0.4) is 0 Å². The Morgan fingerprint density at radius 1 is 1.54 bits per heavy atom. The molecule has 13 heavy (non-hydrogen) atoms. The number of allylic oxidation sites excluding steroid dienone is 1. The lowest BCUT2D eigenvalue weighted by Gasteiger charge is -2.01. The number of alkyl halides is 1. The van der Waals surface area contributed by atoms with Crippen LogP contribution in [0.2, 0.25) is 0 Å². The molecule has 2 nitrogen and oxygen atoms in total. The monoisotopic (exact) mass is 244 g/mol. The molecule has 1 aromatic carbocycles. The van der Waals surface area contributed by atoms with Crippen molar-refractivity contribution in [2.45, 2.75) is 0 Å². The lowest BCUT2D eigenvalue weighted by atomic mass is 10.2. The van der Waals surface area contributed by atoms with E-state index in [4.69, 9.17) is 5.84 Å². The first kappa shape index (κ1) is 10.2. The predicted molar refractivity (Wildman–Crippen MR) is 57.0 cm³/mol. The van der Waals surface area contributed by atoms with Crippen LogP contribution in [0.15, 0.2) is 24.3 Å². The van der Waals surface area contributed by atoms with Crippen molar-refractivity contribution in [1.29, 1.82) is 0 Å². The van der Waals surface area contributed by atoms with E-state index in [2.05, 4.69) is 21.4 Å². The van der Waals surface area contributed by atoms with Gasteiger partial charge in [-0.15, -0.1) is 0 Å². The van der Waals surface area contributed by atoms with Gasteiger partial charge in [0.2, 0.25) is 0 Å². The first-order chi connectivity index (χ1) is 6.27.